The first-order chi connectivity index (χ1) is 7.78. The molecule has 0 bridgehead atoms. The molecule has 1 heterocycles. The first kappa shape index (κ1) is 11.6. The van der Waals surface area contributed by atoms with Crippen molar-refractivity contribution in [3.05, 3.63) is 52.6 Å². The lowest BCUT2D eigenvalue weighted by molar-refractivity contribution is 0.281. The highest BCUT2D eigenvalue weighted by Gasteiger charge is 1.99. The van der Waals surface area contributed by atoms with Crippen molar-refractivity contribution in [2.75, 3.05) is 0 Å². The Labute approximate surface area is 107 Å². The number of aromatic nitrogens is 1. The number of hydrogen-bond donors (Lipinski definition) is 1. The van der Waals surface area contributed by atoms with E-state index in [1.807, 2.05) is 36.4 Å². The first-order valence-electron chi connectivity index (χ1n) is 4.77. The minimum Gasteiger partial charge on any atom is -0.392 e. The second-order valence-electron chi connectivity index (χ2n) is 3.22. The molecule has 1 N–H and O–H groups in total. The summed E-state index contributed by atoms with van der Waals surface area (Å²) in [5, 5.41) is 9.83. The lowest BCUT2D eigenvalue weighted by Gasteiger charge is -2.01. The van der Waals surface area contributed by atoms with Crippen LogP contribution in [-0.4, -0.2) is 10.1 Å². The average molecular weight is 296 g/mol. The van der Waals surface area contributed by atoms with Crippen LogP contribution in [0.4, 0.5) is 0 Å². The van der Waals surface area contributed by atoms with Crippen molar-refractivity contribution >= 4 is 27.7 Å². The fourth-order valence-corrected chi connectivity index (χ4v) is 2.21. The van der Waals surface area contributed by atoms with E-state index in [1.165, 1.54) is 0 Å². The van der Waals surface area contributed by atoms with Gasteiger partial charge in [0.15, 0.2) is 0 Å². The second kappa shape index (κ2) is 5.48. The third-order valence-corrected chi connectivity index (χ3v) is 3.50. The molecule has 4 heteroatoms. The molecule has 0 aliphatic carbocycles. The summed E-state index contributed by atoms with van der Waals surface area (Å²) in [4.78, 5) is 5.40. The molecule has 0 aliphatic rings. The van der Waals surface area contributed by atoms with Crippen LogP contribution in [0.5, 0.6) is 0 Å². The van der Waals surface area contributed by atoms with Gasteiger partial charge in [0, 0.05) is 15.6 Å². The Morgan fingerprint density at radius 2 is 1.88 bits per heavy atom. The van der Waals surface area contributed by atoms with Crippen LogP contribution in [0.25, 0.3) is 0 Å². The van der Waals surface area contributed by atoms with Crippen molar-refractivity contribution in [2.24, 2.45) is 0 Å². The Kier molecular flexibility index (Phi) is 3.98. The van der Waals surface area contributed by atoms with E-state index in [9.17, 15) is 0 Å². The van der Waals surface area contributed by atoms with E-state index in [-0.39, 0.29) is 6.61 Å². The van der Waals surface area contributed by atoms with Crippen LogP contribution in [0.2, 0.25) is 0 Å². The SMILES string of the molecule is OCc1ccc(Sc2ccc(Br)cc2)nc1. The molecule has 1 aromatic heterocycles. The number of benzene rings is 1. The molecule has 0 spiro atoms. The molecular formula is C12H10BrNOS. The lowest BCUT2D eigenvalue weighted by Crippen LogP contribution is -1.85. The van der Waals surface area contributed by atoms with Gasteiger partial charge in [0.1, 0.15) is 5.03 Å². The zero-order valence-electron chi connectivity index (χ0n) is 8.43. The van der Waals surface area contributed by atoms with Crippen LogP contribution in [0, 0.1) is 0 Å². The topological polar surface area (TPSA) is 33.1 Å². The van der Waals surface area contributed by atoms with E-state index in [0.29, 0.717) is 0 Å². The number of pyridine rings is 1. The summed E-state index contributed by atoms with van der Waals surface area (Å²) in [6.07, 6.45) is 1.70. The summed E-state index contributed by atoms with van der Waals surface area (Å²) in [5.41, 5.74) is 0.833. The summed E-state index contributed by atoms with van der Waals surface area (Å²) in [6.45, 7) is 0.0379. The van der Waals surface area contributed by atoms with E-state index >= 15 is 0 Å². The molecule has 0 fully saturated rings. The highest BCUT2D eigenvalue weighted by atomic mass is 79.9. The van der Waals surface area contributed by atoms with Crippen LogP contribution in [0.1, 0.15) is 5.56 Å². The minimum absolute atomic E-state index is 0.0379. The van der Waals surface area contributed by atoms with Crippen LogP contribution in [-0.2, 0) is 6.61 Å². The van der Waals surface area contributed by atoms with Crippen molar-refractivity contribution in [3.8, 4) is 0 Å². The Balaban J connectivity index is 2.11. The molecule has 0 atom stereocenters. The molecule has 0 unspecified atom stereocenters. The molecule has 82 valence electrons. The monoisotopic (exact) mass is 295 g/mol. The van der Waals surface area contributed by atoms with Crippen LogP contribution >= 0.6 is 27.7 Å². The van der Waals surface area contributed by atoms with Gasteiger partial charge < -0.3 is 5.11 Å². The first-order valence-corrected chi connectivity index (χ1v) is 6.38. The summed E-state index contributed by atoms with van der Waals surface area (Å²) in [5.74, 6) is 0. The van der Waals surface area contributed by atoms with E-state index in [1.54, 1.807) is 18.0 Å². The largest absolute Gasteiger partial charge is 0.392 e. The predicted octanol–water partition coefficient (Wildman–Crippen LogP) is 3.49. The Morgan fingerprint density at radius 1 is 1.12 bits per heavy atom. The van der Waals surface area contributed by atoms with Crippen molar-refractivity contribution in [1.29, 1.82) is 0 Å². The van der Waals surface area contributed by atoms with Crippen molar-refractivity contribution in [3.63, 3.8) is 0 Å². The fourth-order valence-electron chi connectivity index (χ4n) is 1.19. The zero-order chi connectivity index (χ0) is 11.4. The van der Waals surface area contributed by atoms with Gasteiger partial charge in [-0.05, 0) is 35.9 Å². The van der Waals surface area contributed by atoms with Crippen LogP contribution in [0.3, 0.4) is 0 Å². The van der Waals surface area contributed by atoms with Gasteiger partial charge in [0.25, 0.3) is 0 Å². The Morgan fingerprint density at radius 3 is 2.44 bits per heavy atom. The fraction of sp³-hybridized carbons (Fsp3) is 0.0833. The van der Waals surface area contributed by atoms with Crippen LogP contribution < -0.4 is 0 Å². The molecule has 1 aromatic carbocycles. The standard InChI is InChI=1S/C12H10BrNOS/c13-10-2-4-11(5-3-10)16-12-6-1-9(8-15)7-14-12/h1-7,15H,8H2. The molecule has 0 aliphatic heterocycles. The van der Waals surface area contributed by atoms with Crippen molar-refractivity contribution in [1.82, 2.24) is 4.98 Å². The van der Waals surface area contributed by atoms with Crippen molar-refractivity contribution in [2.45, 2.75) is 16.5 Å². The minimum atomic E-state index is 0.0379. The maximum Gasteiger partial charge on any atom is 0.101 e. The average Bonchev–Trinajstić information content (AvgIpc) is 2.33. The highest BCUT2D eigenvalue weighted by molar-refractivity contribution is 9.10. The van der Waals surface area contributed by atoms with E-state index in [4.69, 9.17) is 5.11 Å². The molecule has 0 saturated heterocycles. The quantitative estimate of drug-likeness (QED) is 0.941. The third kappa shape index (κ3) is 3.07. The van der Waals surface area contributed by atoms with Gasteiger partial charge in [-0.15, -0.1) is 0 Å². The number of rotatable bonds is 3. The smallest absolute Gasteiger partial charge is 0.101 e. The van der Waals surface area contributed by atoms with Gasteiger partial charge in [0.05, 0.1) is 6.61 Å². The molecular weight excluding hydrogens is 286 g/mol. The van der Waals surface area contributed by atoms with Crippen molar-refractivity contribution < 1.29 is 5.11 Å². The van der Waals surface area contributed by atoms with E-state index < -0.39 is 0 Å². The molecule has 16 heavy (non-hydrogen) atoms. The number of aliphatic hydroxyl groups is 1. The Bertz CT molecular complexity index is 455. The highest BCUT2D eigenvalue weighted by Crippen LogP contribution is 2.26. The van der Waals surface area contributed by atoms with E-state index in [2.05, 4.69) is 20.9 Å². The molecule has 0 saturated carbocycles. The zero-order valence-corrected chi connectivity index (χ0v) is 10.8. The molecule has 2 rings (SSSR count). The third-order valence-electron chi connectivity index (χ3n) is 2.02. The van der Waals surface area contributed by atoms with Gasteiger partial charge >= 0.3 is 0 Å². The molecule has 0 amide bonds. The molecule has 2 nitrogen and oxygen atoms in total. The van der Waals surface area contributed by atoms with Gasteiger partial charge in [-0.3, -0.25) is 0 Å². The van der Waals surface area contributed by atoms with Gasteiger partial charge in [-0.2, -0.15) is 0 Å². The molecule has 0 radical (unpaired) electrons. The normalized spacial score (nSPS) is 10.4. The maximum atomic E-state index is 8.90. The van der Waals surface area contributed by atoms with Gasteiger partial charge in [0.2, 0.25) is 0 Å². The lowest BCUT2D eigenvalue weighted by atomic mass is 10.3. The summed E-state index contributed by atoms with van der Waals surface area (Å²) < 4.78 is 1.07. The van der Waals surface area contributed by atoms with Crippen LogP contribution in [0.15, 0.2) is 57.0 Å². The van der Waals surface area contributed by atoms with Gasteiger partial charge in [-0.25, -0.2) is 4.98 Å². The molecule has 2 aromatic rings. The predicted molar refractivity (Wildman–Crippen MR) is 68.4 cm³/mol. The van der Waals surface area contributed by atoms with E-state index in [0.717, 1.165) is 20.0 Å². The second-order valence-corrected chi connectivity index (χ2v) is 5.23. The number of aliphatic hydroxyl groups excluding tert-OH is 1. The number of halogens is 1. The van der Waals surface area contributed by atoms with Gasteiger partial charge in [-0.1, -0.05) is 33.8 Å². The number of nitrogens with zero attached hydrogens (tertiary/aromatic N) is 1. The summed E-state index contributed by atoms with van der Waals surface area (Å²) in [6, 6.07) is 11.9. The summed E-state index contributed by atoms with van der Waals surface area (Å²) >= 11 is 5.00. The number of hydrogen-bond acceptors (Lipinski definition) is 3. The Hall–Kier alpha value is -0.840. The maximum absolute atomic E-state index is 8.90. The summed E-state index contributed by atoms with van der Waals surface area (Å²) in [7, 11) is 0.